The average molecular weight is 265 g/mol. The van der Waals surface area contributed by atoms with Crippen LogP contribution in [-0.2, 0) is 4.74 Å². The van der Waals surface area contributed by atoms with Crippen molar-refractivity contribution in [2.45, 2.75) is 6.92 Å². The van der Waals surface area contributed by atoms with Crippen molar-refractivity contribution >= 4 is 27.8 Å². The van der Waals surface area contributed by atoms with Gasteiger partial charge >= 0.3 is 5.97 Å². The summed E-state index contributed by atoms with van der Waals surface area (Å²) in [5.74, 6) is -0.431. The van der Waals surface area contributed by atoms with Crippen molar-refractivity contribution in [1.82, 2.24) is 9.97 Å². The summed E-state index contributed by atoms with van der Waals surface area (Å²) < 4.78 is 5.05. The van der Waals surface area contributed by atoms with E-state index in [0.29, 0.717) is 23.1 Å². The van der Waals surface area contributed by atoms with Gasteiger partial charge in [0, 0.05) is 22.5 Å². The van der Waals surface area contributed by atoms with Crippen LogP contribution < -0.4 is 0 Å². The number of para-hydroxylation sites is 1. The molecule has 0 bridgehead atoms. The Kier molecular flexibility index (Phi) is 2.84. The van der Waals surface area contributed by atoms with E-state index >= 15 is 0 Å². The number of fused-ring (bicyclic) bond motifs is 3. The van der Waals surface area contributed by atoms with Crippen molar-refractivity contribution in [3.8, 4) is 6.07 Å². The number of esters is 1. The van der Waals surface area contributed by atoms with Crippen LogP contribution in [0.3, 0.4) is 0 Å². The molecule has 5 heteroatoms. The molecule has 0 amide bonds. The van der Waals surface area contributed by atoms with Crippen LogP contribution in [0.4, 0.5) is 0 Å². The minimum atomic E-state index is -0.431. The molecular formula is C15H11N3O2. The number of nitrogens with zero attached hydrogens (tertiary/aromatic N) is 2. The van der Waals surface area contributed by atoms with E-state index in [1.165, 1.54) is 6.20 Å². The van der Waals surface area contributed by atoms with Crippen LogP contribution >= 0.6 is 0 Å². The van der Waals surface area contributed by atoms with Crippen LogP contribution in [0.15, 0.2) is 30.5 Å². The number of aromatic amines is 1. The topological polar surface area (TPSA) is 78.8 Å². The van der Waals surface area contributed by atoms with Crippen molar-refractivity contribution in [3.63, 3.8) is 0 Å². The number of pyridine rings is 1. The number of carbonyl (C=O) groups is 1. The minimum Gasteiger partial charge on any atom is -0.462 e. The third-order valence-corrected chi connectivity index (χ3v) is 3.14. The summed E-state index contributed by atoms with van der Waals surface area (Å²) in [5, 5.41) is 10.7. The van der Waals surface area contributed by atoms with Gasteiger partial charge in [-0.3, -0.25) is 0 Å². The normalized spacial score (nSPS) is 10.6. The lowest BCUT2D eigenvalue weighted by molar-refractivity contribution is 0.0528. The quantitative estimate of drug-likeness (QED) is 0.722. The maximum absolute atomic E-state index is 12.0. The van der Waals surface area contributed by atoms with Crippen LogP contribution in [0, 0.1) is 11.3 Å². The Labute approximate surface area is 114 Å². The summed E-state index contributed by atoms with van der Waals surface area (Å²) in [4.78, 5) is 19.2. The standard InChI is InChI=1S/C15H11N3O2/c1-2-20-15(19)10-8-17-12(7-16)14-13(10)9-5-3-4-6-11(9)18-14/h3-6,8,18H,2H2,1H3. The molecule has 3 rings (SSSR count). The van der Waals surface area contributed by atoms with Gasteiger partial charge in [-0.05, 0) is 13.0 Å². The molecule has 0 atom stereocenters. The molecule has 5 nitrogen and oxygen atoms in total. The molecule has 98 valence electrons. The lowest BCUT2D eigenvalue weighted by Gasteiger charge is -2.04. The Morgan fingerprint density at radius 2 is 2.25 bits per heavy atom. The second kappa shape index (κ2) is 4.67. The average Bonchev–Trinajstić information content (AvgIpc) is 2.86. The number of H-pyrrole nitrogens is 1. The SMILES string of the molecule is CCOC(=O)c1cnc(C#N)c2[nH]c3ccccc3c12. The smallest absolute Gasteiger partial charge is 0.340 e. The summed E-state index contributed by atoms with van der Waals surface area (Å²) >= 11 is 0. The van der Waals surface area contributed by atoms with Gasteiger partial charge in [0.15, 0.2) is 5.69 Å². The van der Waals surface area contributed by atoms with E-state index in [4.69, 9.17) is 10.00 Å². The number of benzene rings is 1. The summed E-state index contributed by atoms with van der Waals surface area (Å²) in [6.07, 6.45) is 1.40. The van der Waals surface area contributed by atoms with E-state index in [9.17, 15) is 4.79 Å². The number of nitriles is 1. The Balaban J connectivity index is 2.43. The fraction of sp³-hybridized carbons (Fsp3) is 0.133. The molecule has 2 aromatic heterocycles. The monoisotopic (exact) mass is 265 g/mol. The Morgan fingerprint density at radius 1 is 1.45 bits per heavy atom. The predicted molar refractivity (Wildman–Crippen MR) is 74.3 cm³/mol. The summed E-state index contributed by atoms with van der Waals surface area (Å²) in [7, 11) is 0. The number of nitrogens with one attached hydrogen (secondary N) is 1. The molecule has 0 fully saturated rings. The largest absolute Gasteiger partial charge is 0.462 e. The molecule has 0 unspecified atom stereocenters. The number of carbonyl (C=O) groups excluding carboxylic acids is 1. The second-order valence-electron chi connectivity index (χ2n) is 4.27. The van der Waals surface area contributed by atoms with Gasteiger partial charge in [-0.25, -0.2) is 9.78 Å². The number of aromatic nitrogens is 2. The zero-order valence-electron chi connectivity index (χ0n) is 10.8. The van der Waals surface area contributed by atoms with Crippen LogP contribution in [0.1, 0.15) is 23.0 Å². The first kappa shape index (κ1) is 12.2. The van der Waals surface area contributed by atoms with E-state index in [1.54, 1.807) is 6.92 Å². The first-order chi connectivity index (χ1) is 9.76. The first-order valence-corrected chi connectivity index (χ1v) is 6.23. The lowest BCUT2D eigenvalue weighted by atomic mass is 10.1. The van der Waals surface area contributed by atoms with Gasteiger partial charge in [0.1, 0.15) is 6.07 Å². The summed E-state index contributed by atoms with van der Waals surface area (Å²) in [5.41, 5.74) is 2.07. The Hall–Kier alpha value is -2.87. The van der Waals surface area contributed by atoms with Gasteiger partial charge in [0.25, 0.3) is 0 Å². The highest BCUT2D eigenvalue weighted by Gasteiger charge is 2.18. The fourth-order valence-corrected chi connectivity index (χ4v) is 2.31. The molecule has 0 saturated heterocycles. The Morgan fingerprint density at radius 3 is 3.00 bits per heavy atom. The summed E-state index contributed by atoms with van der Waals surface area (Å²) in [6.45, 7) is 2.05. The van der Waals surface area contributed by atoms with Crippen molar-refractivity contribution in [3.05, 3.63) is 41.7 Å². The molecule has 0 saturated carbocycles. The highest BCUT2D eigenvalue weighted by atomic mass is 16.5. The number of ether oxygens (including phenoxy) is 1. The summed E-state index contributed by atoms with van der Waals surface area (Å²) in [6, 6.07) is 9.61. The van der Waals surface area contributed by atoms with Crippen molar-refractivity contribution in [2.24, 2.45) is 0 Å². The molecule has 3 aromatic rings. The van der Waals surface area contributed by atoms with Crippen LogP contribution in [0.5, 0.6) is 0 Å². The zero-order chi connectivity index (χ0) is 14.1. The van der Waals surface area contributed by atoms with Gasteiger partial charge in [0.2, 0.25) is 0 Å². The fourth-order valence-electron chi connectivity index (χ4n) is 2.31. The van der Waals surface area contributed by atoms with Crippen LogP contribution in [0.25, 0.3) is 21.8 Å². The van der Waals surface area contributed by atoms with Gasteiger partial charge < -0.3 is 9.72 Å². The Bertz CT molecular complexity index is 859. The highest BCUT2D eigenvalue weighted by Crippen LogP contribution is 2.29. The van der Waals surface area contributed by atoms with Crippen molar-refractivity contribution in [2.75, 3.05) is 6.61 Å². The molecule has 1 aromatic carbocycles. The van der Waals surface area contributed by atoms with E-state index in [1.807, 2.05) is 30.3 Å². The van der Waals surface area contributed by atoms with Crippen LogP contribution in [0.2, 0.25) is 0 Å². The van der Waals surface area contributed by atoms with Gasteiger partial charge in [-0.1, -0.05) is 18.2 Å². The molecule has 1 N–H and O–H groups in total. The lowest BCUT2D eigenvalue weighted by Crippen LogP contribution is -2.06. The molecule has 0 spiro atoms. The maximum Gasteiger partial charge on any atom is 0.340 e. The number of rotatable bonds is 2. The maximum atomic E-state index is 12.0. The van der Waals surface area contributed by atoms with E-state index < -0.39 is 5.97 Å². The second-order valence-corrected chi connectivity index (χ2v) is 4.27. The molecule has 0 aliphatic rings. The predicted octanol–water partition coefficient (Wildman–Crippen LogP) is 2.76. The van der Waals surface area contributed by atoms with Gasteiger partial charge in [-0.15, -0.1) is 0 Å². The van der Waals surface area contributed by atoms with E-state index in [-0.39, 0.29) is 5.69 Å². The highest BCUT2D eigenvalue weighted by molar-refractivity contribution is 6.17. The van der Waals surface area contributed by atoms with Crippen LogP contribution in [-0.4, -0.2) is 22.5 Å². The molecular weight excluding hydrogens is 254 g/mol. The molecule has 2 heterocycles. The first-order valence-electron chi connectivity index (χ1n) is 6.23. The van der Waals surface area contributed by atoms with Gasteiger partial charge in [-0.2, -0.15) is 5.26 Å². The van der Waals surface area contributed by atoms with E-state index in [2.05, 4.69) is 9.97 Å². The van der Waals surface area contributed by atoms with Crippen molar-refractivity contribution in [1.29, 1.82) is 5.26 Å². The molecule has 0 radical (unpaired) electrons. The third-order valence-electron chi connectivity index (χ3n) is 3.14. The zero-order valence-corrected chi connectivity index (χ0v) is 10.8. The number of hydrogen-bond donors (Lipinski definition) is 1. The van der Waals surface area contributed by atoms with Gasteiger partial charge in [0.05, 0.1) is 17.7 Å². The molecule has 0 aliphatic carbocycles. The third kappa shape index (κ3) is 1.70. The number of hydrogen-bond acceptors (Lipinski definition) is 4. The molecule has 0 aliphatic heterocycles. The van der Waals surface area contributed by atoms with E-state index in [0.717, 1.165) is 10.9 Å². The minimum absolute atomic E-state index is 0.268. The van der Waals surface area contributed by atoms with Crippen molar-refractivity contribution < 1.29 is 9.53 Å². The molecule has 20 heavy (non-hydrogen) atoms.